The Morgan fingerprint density at radius 1 is 0.935 bits per heavy atom. The molecule has 0 radical (unpaired) electrons. The molecule has 0 aromatic heterocycles. The number of esters is 1. The largest absolute Gasteiger partial charge is 0.462 e. The minimum absolute atomic E-state index is 0.318. The van der Waals surface area contributed by atoms with Crippen LogP contribution in [0.3, 0.4) is 0 Å². The lowest BCUT2D eigenvalue weighted by Crippen LogP contribution is -2.14. The van der Waals surface area contributed by atoms with Gasteiger partial charge in [0.15, 0.2) is 0 Å². The molecular weight excluding hydrogens is 382 g/mol. The molecule has 0 fully saturated rings. The monoisotopic (exact) mass is 413 g/mol. The number of nitrogens with zero attached hydrogens (tertiary/aromatic N) is 1. The van der Waals surface area contributed by atoms with Gasteiger partial charge in [-0.1, -0.05) is 56.3 Å². The van der Waals surface area contributed by atoms with E-state index in [2.05, 4.69) is 86.8 Å². The first-order valence-corrected chi connectivity index (χ1v) is 10.9. The van der Waals surface area contributed by atoms with Gasteiger partial charge in [-0.15, -0.1) is 0 Å². The topological polar surface area (TPSA) is 29.5 Å². The van der Waals surface area contributed by atoms with Crippen molar-refractivity contribution in [2.75, 3.05) is 11.5 Å². The van der Waals surface area contributed by atoms with E-state index in [1.165, 1.54) is 22.8 Å². The molecule has 31 heavy (non-hydrogen) atoms. The van der Waals surface area contributed by atoms with Crippen molar-refractivity contribution in [2.24, 2.45) is 0 Å². The van der Waals surface area contributed by atoms with Crippen LogP contribution in [0.15, 0.2) is 79.4 Å². The number of anilines is 3. The lowest BCUT2D eigenvalue weighted by molar-refractivity contribution is -0.137. The van der Waals surface area contributed by atoms with Gasteiger partial charge in [0, 0.05) is 29.6 Å². The number of aryl methyl sites for hydroxylation is 3. The summed E-state index contributed by atoms with van der Waals surface area (Å²) in [6, 6.07) is 23.6. The first-order chi connectivity index (χ1) is 15.0. The molecule has 0 unspecified atom stereocenters. The molecule has 3 aromatic rings. The molecule has 0 spiro atoms. The van der Waals surface area contributed by atoms with Crippen molar-refractivity contribution in [3.63, 3.8) is 0 Å². The molecule has 0 heterocycles. The second kappa shape index (κ2) is 10.6. The van der Waals surface area contributed by atoms with E-state index in [9.17, 15) is 4.79 Å². The lowest BCUT2D eigenvalue weighted by atomic mass is 10.0. The Bertz CT molecular complexity index is 1040. The molecule has 160 valence electrons. The third-order valence-electron chi connectivity index (χ3n) is 5.50. The summed E-state index contributed by atoms with van der Waals surface area (Å²) in [5.74, 6) is -0.394. The summed E-state index contributed by atoms with van der Waals surface area (Å²) in [7, 11) is 0. The van der Waals surface area contributed by atoms with E-state index in [-0.39, 0.29) is 0 Å². The van der Waals surface area contributed by atoms with Gasteiger partial charge in [0.2, 0.25) is 0 Å². The van der Waals surface area contributed by atoms with Crippen molar-refractivity contribution in [3.8, 4) is 0 Å². The Kier molecular flexibility index (Phi) is 7.66. The number of para-hydroxylation sites is 1. The highest BCUT2D eigenvalue weighted by Crippen LogP contribution is 2.37. The highest BCUT2D eigenvalue weighted by Gasteiger charge is 2.16. The average Bonchev–Trinajstić information content (AvgIpc) is 2.78. The van der Waals surface area contributed by atoms with Gasteiger partial charge < -0.3 is 9.64 Å². The zero-order valence-electron chi connectivity index (χ0n) is 18.7. The van der Waals surface area contributed by atoms with Gasteiger partial charge in [0.1, 0.15) is 0 Å². The van der Waals surface area contributed by atoms with E-state index in [0.717, 1.165) is 35.5 Å². The van der Waals surface area contributed by atoms with Crippen molar-refractivity contribution in [1.29, 1.82) is 0 Å². The summed E-state index contributed by atoms with van der Waals surface area (Å²) >= 11 is 0. The lowest BCUT2D eigenvalue weighted by Gasteiger charge is -2.28. The predicted molar refractivity (Wildman–Crippen MR) is 129 cm³/mol. The molecule has 0 bridgehead atoms. The van der Waals surface area contributed by atoms with E-state index in [1.807, 2.05) is 12.1 Å². The van der Waals surface area contributed by atoms with Crippen LogP contribution in [0.25, 0.3) is 0 Å². The van der Waals surface area contributed by atoms with Gasteiger partial charge in [-0.3, -0.25) is 0 Å². The van der Waals surface area contributed by atoms with Gasteiger partial charge in [0.05, 0.1) is 6.61 Å². The van der Waals surface area contributed by atoms with Crippen molar-refractivity contribution in [1.82, 2.24) is 0 Å². The highest BCUT2D eigenvalue weighted by atomic mass is 16.5. The maximum Gasteiger partial charge on any atom is 0.330 e. The Morgan fingerprint density at radius 3 is 2.32 bits per heavy atom. The first kappa shape index (κ1) is 22.4. The summed E-state index contributed by atoms with van der Waals surface area (Å²) in [4.78, 5) is 13.8. The van der Waals surface area contributed by atoms with Crippen LogP contribution in [0, 0.1) is 13.8 Å². The number of carbonyl (C=O) groups is 1. The molecule has 3 aromatic carbocycles. The fraction of sp³-hybridized carbons (Fsp3) is 0.250. The third-order valence-corrected chi connectivity index (χ3v) is 5.50. The number of carbonyl (C=O) groups excluding carboxylic acids is 1. The Balaban J connectivity index is 2.03. The van der Waals surface area contributed by atoms with Crippen molar-refractivity contribution in [2.45, 2.75) is 40.0 Å². The zero-order valence-corrected chi connectivity index (χ0v) is 18.7. The van der Waals surface area contributed by atoms with E-state index >= 15 is 0 Å². The van der Waals surface area contributed by atoms with Crippen molar-refractivity contribution in [3.05, 3.63) is 102 Å². The van der Waals surface area contributed by atoms with Gasteiger partial charge >= 0.3 is 5.97 Å². The molecule has 3 nitrogen and oxygen atoms in total. The summed E-state index contributed by atoms with van der Waals surface area (Å²) < 4.78 is 5.24. The van der Waals surface area contributed by atoms with Crippen molar-refractivity contribution < 1.29 is 9.53 Å². The van der Waals surface area contributed by atoms with E-state index in [4.69, 9.17) is 4.74 Å². The fourth-order valence-corrected chi connectivity index (χ4v) is 3.65. The van der Waals surface area contributed by atoms with Crippen LogP contribution in [0.5, 0.6) is 0 Å². The summed E-state index contributed by atoms with van der Waals surface area (Å²) in [6.45, 7) is 10.3. The molecule has 0 N–H and O–H groups in total. The minimum atomic E-state index is -0.394. The Labute approximate surface area is 186 Å². The van der Waals surface area contributed by atoms with Crippen LogP contribution in [0.4, 0.5) is 17.1 Å². The molecule has 0 atom stereocenters. The molecule has 3 heteroatoms. The van der Waals surface area contributed by atoms with Crippen LogP contribution in [-0.2, 0) is 22.4 Å². The number of hydrogen-bond donors (Lipinski definition) is 0. The number of hydrogen-bond acceptors (Lipinski definition) is 3. The summed E-state index contributed by atoms with van der Waals surface area (Å²) in [6.07, 6.45) is 4.04. The molecular formula is C28H31NO2. The average molecular weight is 414 g/mol. The van der Waals surface area contributed by atoms with Crippen LogP contribution < -0.4 is 4.90 Å². The van der Waals surface area contributed by atoms with Gasteiger partial charge in [-0.05, 0) is 72.9 Å². The molecule has 0 aliphatic carbocycles. The van der Waals surface area contributed by atoms with Crippen LogP contribution >= 0.6 is 0 Å². The number of rotatable bonds is 9. The van der Waals surface area contributed by atoms with Gasteiger partial charge in [-0.25, -0.2) is 4.79 Å². The Morgan fingerprint density at radius 2 is 1.65 bits per heavy atom. The fourth-order valence-electron chi connectivity index (χ4n) is 3.65. The number of ether oxygens (including phenoxy) is 1. The second-order valence-corrected chi connectivity index (χ2v) is 7.77. The standard InChI is InChI=1S/C28H31NO2/c1-5-9-23-13-16-25(17-14-23)29(26-15-12-21(3)22(4)20-26)27-11-8-7-10-24(27)18-19-31-28(30)6-2/h6-8,10-17,20H,2,5,9,18-19H2,1,3-4H3. The van der Waals surface area contributed by atoms with Crippen LogP contribution in [0.2, 0.25) is 0 Å². The summed E-state index contributed by atoms with van der Waals surface area (Å²) in [5, 5.41) is 0. The Hall–Kier alpha value is -3.33. The quantitative estimate of drug-likeness (QED) is 0.279. The smallest absolute Gasteiger partial charge is 0.330 e. The zero-order chi connectivity index (χ0) is 22.2. The minimum Gasteiger partial charge on any atom is -0.462 e. The van der Waals surface area contributed by atoms with E-state index < -0.39 is 5.97 Å². The van der Waals surface area contributed by atoms with Crippen molar-refractivity contribution >= 4 is 23.0 Å². The van der Waals surface area contributed by atoms with Gasteiger partial charge in [0.25, 0.3) is 0 Å². The molecule has 3 rings (SSSR count). The SMILES string of the molecule is C=CC(=O)OCCc1ccccc1N(c1ccc(CCC)cc1)c1ccc(C)c(C)c1. The third kappa shape index (κ3) is 5.64. The molecule has 0 aliphatic rings. The molecule has 0 saturated carbocycles. The van der Waals surface area contributed by atoms with E-state index in [0.29, 0.717) is 13.0 Å². The van der Waals surface area contributed by atoms with E-state index in [1.54, 1.807) is 0 Å². The van der Waals surface area contributed by atoms with Crippen LogP contribution in [0.1, 0.15) is 35.6 Å². The number of benzene rings is 3. The van der Waals surface area contributed by atoms with Gasteiger partial charge in [-0.2, -0.15) is 0 Å². The predicted octanol–water partition coefficient (Wildman–Crippen LogP) is 7.00. The summed E-state index contributed by atoms with van der Waals surface area (Å²) in [5.41, 5.74) is 8.30. The molecule has 0 amide bonds. The maximum absolute atomic E-state index is 11.5. The first-order valence-electron chi connectivity index (χ1n) is 10.9. The van der Waals surface area contributed by atoms with Crippen LogP contribution in [-0.4, -0.2) is 12.6 Å². The molecule has 0 saturated heterocycles. The highest BCUT2D eigenvalue weighted by molar-refractivity contribution is 5.81. The normalized spacial score (nSPS) is 10.5. The second-order valence-electron chi connectivity index (χ2n) is 7.77. The molecule has 0 aliphatic heterocycles. The maximum atomic E-state index is 11.5.